The van der Waals surface area contributed by atoms with Crippen LogP contribution in [0.25, 0.3) is 0 Å². The number of rotatable bonds is 5. The second kappa shape index (κ2) is 7.61. The summed E-state index contributed by atoms with van der Waals surface area (Å²) in [6, 6.07) is 11.3. The van der Waals surface area contributed by atoms with Crippen LogP contribution in [-0.4, -0.2) is 41.8 Å². The van der Waals surface area contributed by atoms with Crippen LogP contribution in [0.2, 0.25) is 0 Å². The van der Waals surface area contributed by atoms with Crippen molar-refractivity contribution in [3.05, 3.63) is 47.0 Å². The smallest absolute Gasteiger partial charge is 0.0636 e. The van der Waals surface area contributed by atoms with E-state index in [1.54, 1.807) is 11.1 Å². The van der Waals surface area contributed by atoms with Crippen LogP contribution >= 0.6 is 0 Å². The lowest BCUT2D eigenvalue weighted by Crippen LogP contribution is -2.43. The molecule has 3 rings (SSSR count). The fourth-order valence-electron chi connectivity index (χ4n) is 4.14. The number of aliphatic hydroxyl groups excluding tert-OH is 1. The van der Waals surface area contributed by atoms with E-state index >= 15 is 0 Å². The van der Waals surface area contributed by atoms with Gasteiger partial charge in [-0.25, -0.2) is 0 Å². The molecular weight excluding hydrogens is 284 g/mol. The largest absolute Gasteiger partial charge is 0.392 e. The van der Waals surface area contributed by atoms with Crippen LogP contribution in [0, 0.1) is 5.92 Å². The molecule has 3 heteroatoms. The highest BCUT2D eigenvalue weighted by Gasteiger charge is 2.31. The molecule has 2 aliphatic rings. The molecular formula is C20H30N2O. The number of nitrogens with one attached hydrogen (secondary N) is 1. The minimum absolute atomic E-state index is 0.266. The SMILES string of the molecule is CC1=C2CCN(Cc3ccccc3)CC2CCC1NC[C@H](C)O. The van der Waals surface area contributed by atoms with Gasteiger partial charge in [-0.1, -0.05) is 41.5 Å². The van der Waals surface area contributed by atoms with Crippen LogP contribution in [0.4, 0.5) is 0 Å². The molecule has 3 atom stereocenters. The minimum Gasteiger partial charge on any atom is -0.392 e. The highest BCUT2D eigenvalue weighted by Crippen LogP contribution is 2.36. The van der Waals surface area contributed by atoms with Crippen molar-refractivity contribution in [2.75, 3.05) is 19.6 Å². The van der Waals surface area contributed by atoms with Crippen molar-refractivity contribution in [2.45, 2.75) is 51.8 Å². The van der Waals surface area contributed by atoms with Gasteiger partial charge in [0.25, 0.3) is 0 Å². The number of hydrogen-bond donors (Lipinski definition) is 2. The Morgan fingerprint density at radius 2 is 2.04 bits per heavy atom. The summed E-state index contributed by atoms with van der Waals surface area (Å²) < 4.78 is 0. The van der Waals surface area contributed by atoms with Crippen molar-refractivity contribution in [3.8, 4) is 0 Å². The minimum atomic E-state index is -0.266. The monoisotopic (exact) mass is 314 g/mol. The van der Waals surface area contributed by atoms with Gasteiger partial charge >= 0.3 is 0 Å². The second-order valence-electron chi connectivity index (χ2n) is 7.26. The maximum Gasteiger partial charge on any atom is 0.0636 e. The zero-order valence-electron chi connectivity index (χ0n) is 14.5. The van der Waals surface area contributed by atoms with E-state index in [0.717, 1.165) is 12.5 Å². The van der Waals surface area contributed by atoms with Crippen LogP contribution in [0.15, 0.2) is 41.5 Å². The number of aliphatic hydroxyl groups is 1. The van der Waals surface area contributed by atoms with Gasteiger partial charge in [-0.15, -0.1) is 0 Å². The average Bonchev–Trinajstić information content (AvgIpc) is 2.55. The lowest BCUT2D eigenvalue weighted by molar-refractivity contribution is 0.174. The summed E-state index contributed by atoms with van der Waals surface area (Å²) in [5, 5.41) is 13.0. The van der Waals surface area contributed by atoms with E-state index in [0.29, 0.717) is 12.6 Å². The third kappa shape index (κ3) is 4.23. The van der Waals surface area contributed by atoms with Crippen molar-refractivity contribution in [2.24, 2.45) is 5.92 Å². The molecule has 1 aliphatic heterocycles. The standard InChI is InChI=1S/C20H30N2O/c1-15(23)12-21-20-9-8-18-14-22(11-10-19(18)16(20)2)13-17-6-4-3-5-7-17/h3-7,15,18,20-21,23H,8-14H2,1-2H3/t15-,18?,20?/m0/s1. The maximum absolute atomic E-state index is 9.49. The molecule has 1 aromatic rings. The third-order valence-corrected chi connectivity index (χ3v) is 5.41. The molecule has 0 bridgehead atoms. The van der Waals surface area contributed by atoms with Crippen LogP contribution < -0.4 is 5.32 Å². The summed E-state index contributed by atoms with van der Waals surface area (Å²) in [5.74, 6) is 0.733. The molecule has 2 N–H and O–H groups in total. The lowest BCUT2D eigenvalue weighted by Gasteiger charge is -2.41. The molecule has 1 fully saturated rings. The van der Waals surface area contributed by atoms with Crippen LogP contribution in [-0.2, 0) is 6.54 Å². The number of hydrogen-bond acceptors (Lipinski definition) is 3. The molecule has 1 heterocycles. The fourth-order valence-corrected chi connectivity index (χ4v) is 4.14. The number of likely N-dealkylation sites (tertiary alicyclic amines) is 1. The Kier molecular flexibility index (Phi) is 5.52. The molecule has 1 aliphatic carbocycles. The predicted octanol–water partition coefficient (Wildman–Crippen LogP) is 2.96. The first kappa shape index (κ1) is 16.7. The van der Waals surface area contributed by atoms with Crippen LogP contribution in [0.5, 0.6) is 0 Å². The van der Waals surface area contributed by atoms with Gasteiger partial charge in [0.15, 0.2) is 0 Å². The van der Waals surface area contributed by atoms with Gasteiger partial charge in [-0.2, -0.15) is 0 Å². The van der Waals surface area contributed by atoms with E-state index in [2.05, 4.69) is 47.5 Å². The molecule has 3 nitrogen and oxygen atoms in total. The van der Waals surface area contributed by atoms with Crippen molar-refractivity contribution < 1.29 is 5.11 Å². The highest BCUT2D eigenvalue weighted by atomic mass is 16.3. The van der Waals surface area contributed by atoms with Crippen molar-refractivity contribution in [1.82, 2.24) is 10.2 Å². The van der Waals surface area contributed by atoms with Gasteiger partial charge in [0.1, 0.15) is 0 Å². The third-order valence-electron chi connectivity index (χ3n) is 5.41. The van der Waals surface area contributed by atoms with Crippen molar-refractivity contribution in [3.63, 3.8) is 0 Å². The van der Waals surface area contributed by atoms with E-state index in [1.807, 2.05) is 6.92 Å². The highest BCUT2D eigenvalue weighted by molar-refractivity contribution is 5.26. The Morgan fingerprint density at radius 3 is 2.78 bits per heavy atom. The van der Waals surface area contributed by atoms with Crippen LogP contribution in [0.1, 0.15) is 38.7 Å². The molecule has 0 radical (unpaired) electrons. The molecule has 0 aromatic heterocycles. The lowest BCUT2D eigenvalue weighted by atomic mass is 9.77. The normalized spacial score (nSPS) is 26.9. The zero-order chi connectivity index (χ0) is 16.2. The fraction of sp³-hybridized carbons (Fsp3) is 0.600. The molecule has 0 spiro atoms. The molecule has 1 aromatic carbocycles. The van der Waals surface area contributed by atoms with Gasteiger partial charge in [0, 0.05) is 32.2 Å². The van der Waals surface area contributed by atoms with E-state index in [9.17, 15) is 5.11 Å². The summed E-state index contributed by atoms with van der Waals surface area (Å²) >= 11 is 0. The van der Waals surface area contributed by atoms with Crippen molar-refractivity contribution >= 4 is 0 Å². The van der Waals surface area contributed by atoms with Gasteiger partial charge in [0.2, 0.25) is 0 Å². The van der Waals surface area contributed by atoms with E-state index < -0.39 is 0 Å². The van der Waals surface area contributed by atoms with Crippen molar-refractivity contribution in [1.29, 1.82) is 0 Å². The molecule has 1 saturated heterocycles. The van der Waals surface area contributed by atoms with E-state index in [-0.39, 0.29) is 6.10 Å². The summed E-state index contributed by atoms with van der Waals surface area (Å²) in [6.45, 7) is 8.29. The molecule has 0 amide bonds. The summed E-state index contributed by atoms with van der Waals surface area (Å²) in [6.07, 6.45) is 3.41. The first-order valence-electron chi connectivity index (χ1n) is 9.00. The van der Waals surface area contributed by atoms with Gasteiger partial charge < -0.3 is 10.4 Å². The van der Waals surface area contributed by atoms with E-state index in [4.69, 9.17) is 0 Å². The second-order valence-corrected chi connectivity index (χ2v) is 7.26. The Hall–Kier alpha value is -1.16. The Bertz CT molecular complexity index is 538. The number of piperidine rings is 1. The zero-order valence-corrected chi connectivity index (χ0v) is 14.5. The van der Waals surface area contributed by atoms with E-state index in [1.165, 1.54) is 37.9 Å². The number of fused-ring (bicyclic) bond motifs is 1. The first-order chi connectivity index (χ1) is 11.1. The molecule has 23 heavy (non-hydrogen) atoms. The molecule has 126 valence electrons. The van der Waals surface area contributed by atoms with Gasteiger partial charge in [-0.05, 0) is 44.6 Å². The first-order valence-corrected chi connectivity index (χ1v) is 9.00. The summed E-state index contributed by atoms with van der Waals surface area (Å²) in [4.78, 5) is 2.61. The summed E-state index contributed by atoms with van der Waals surface area (Å²) in [7, 11) is 0. The topological polar surface area (TPSA) is 35.5 Å². The Labute approximate surface area is 140 Å². The van der Waals surface area contributed by atoms with Crippen LogP contribution in [0.3, 0.4) is 0 Å². The molecule has 0 saturated carbocycles. The number of benzene rings is 1. The number of nitrogens with zero attached hydrogens (tertiary/aromatic N) is 1. The van der Waals surface area contributed by atoms with Gasteiger partial charge in [0.05, 0.1) is 6.10 Å². The predicted molar refractivity (Wildman–Crippen MR) is 95.2 cm³/mol. The van der Waals surface area contributed by atoms with Gasteiger partial charge in [-0.3, -0.25) is 4.90 Å². The Morgan fingerprint density at radius 1 is 1.26 bits per heavy atom. The molecule has 2 unspecified atom stereocenters. The maximum atomic E-state index is 9.49. The Balaban J connectivity index is 1.60. The quantitative estimate of drug-likeness (QED) is 0.820. The summed E-state index contributed by atoms with van der Waals surface area (Å²) in [5.41, 5.74) is 4.65. The average molecular weight is 314 g/mol.